The average Bonchev–Trinajstić information content (AvgIpc) is 2.87. The summed E-state index contributed by atoms with van der Waals surface area (Å²) in [5.74, 6) is 0.870. The second-order valence-corrected chi connectivity index (χ2v) is 3.97. The summed E-state index contributed by atoms with van der Waals surface area (Å²) >= 11 is 0. The van der Waals surface area contributed by atoms with Gasteiger partial charge in [-0.3, -0.25) is 0 Å². The Morgan fingerprint density at radius 1 is 1.47 bits per heavy atom. The fourth-order valence-corrected chi connectivity index (χ4v) is 2.05. The number of hydrogen-bond donors (Lipinski definition) is 2. The number of ether oxygens (including phenoxy) is 1. The Bertz CT molecular complexity index is 512. The van der Waals surface area contributed by atoms with Crippen LogP contribution in [0, 0.1) is 0 Å². The molecule has 3 N–H and O–H groups in total. The molecule has 7 heteroatoms. The lowest BCUT2D eigenvalue weighted by Gasteiger charge is -2.33. The number of aromatic amines is 1. The first-order valence-corrected chi connectivity index (χ1v) is 5.59. The fourth-order valence-electron chi connectivity index (χ4n) is 2.05. The molecule has 90 valence electrons. The molecular weight excluding hydrogens is 220 g/mol. The summed E-state index contributed by atoms with van der Waals surface area (Å²) in [5.41, 5.74) is 7.18. The Kier molecular flexibility index (Phi) is 2.62. The number of nitrogens with two attached hydrogens (primary N) is 1. The molecular formula is C10H14N6O. The van der Waals surface area contributed by atoms with Crippen LogP contribution in [-0.2, 0) is 4.74 Å². The van der Waals surface area contributed by atoms with Crippen molar-refractivity contribution in [3.05, 3.63) is 12.7 Å². The van der Waals surface area contributed by atoms with Gasteiger partial charge in [0.2, 0.25) is 0 Å². The largest absolute Gasteiger partial charge is 0.373 e. The molecule has 1 aliphatic rings. The minimum Gasteiger partial charge on any atom is -0.373 e. The van der Waals surface area contributed by atoms with Crippen LogP contribution in [0.15, 0.2) is 12.7 Å². The Morgan fingerprint density at radius 2 is 2.41 bits per heavy atom. The van der Waals surface area contributed by atoms with E-state index in [0.717, 1.165) is 24.4 Å². The highest BCUT2D eigenvalue weighted by molar-refractivity contribution is 5.82. The molecule has 0 aromatic carbocycles. The summed E-state index contributed by atoms with van der Waals surface area (Å²) in [7, 11) is 0. The Balaban J connectivity index is 1.94. The van der Waals surface area contributed by atoms with Crippen LogP contribution in [-0.4, -0.2) is 52.3 Å². The van der Waals surface area contributed by atoms with Crippen LogP contribution in [0.3, 0.4) is 0 Å². The minimum absolute atomic E-state index is 0.0664. The zero-order valence-corrected chi connectivity index (χ0v) is 9.33. The van der Waals surface area contributed by atoms with Crippen molar-refractivity contribution < 1.29 is 4.74 Å². The minimum atomic E-state index is 0.0664. The molecule has 0 bridgehead atoms. The highest BCUT2D eigenvalue weighted by Gasteiger charge is 2.22. The molecule has 2 aromatic heterocycles. The summed E-state index contributed by atoms with van der Waals surface area (Å²) in [5, 5.41) is 0. The van der Waals surface area contributed by atoms with Crippen LogP contribution in [0.4, 0.5) is 5.82 Å². The van der Waals surface area contributed by atoms with Crippen molar-refractivity contribution in [2.45, 2.75) is 6.10 Å². The first kappa shape index (κ1) is 10.4. The Hall–Kier alpha value is -1.73. The first-order valence-electron chi connectivity index (χ1n) is 5.59. The molecule has 3 heterocycles. The number of imidazole rings is 1. The van der Waals surface area contributed by atoms with Crippen molar-refractivity contribution >= 4 is 17.0 Å². The van der Waals surface area contributed by atoms with Crippen molar-refractivity contribution in [2.75, 3.05) is 31.1 Å². The molecule has 1 fully saturated rings. The topological polar surface area (TPSA) is 93.0 Å². The van der Waals surface area contributed by atoms with Gasteiger partial charge in [0.25, 0.3) is 0 Å². The second-order valence-electron chi connectivity index (χ2n) is 3.97. The van der Waals surface area contributed by atoms with E-state index in [1.165, 1.54) is 6.33 Å². The van der Waals surface area contributed by atoms with E-state index in [4.69, 9.17) is 10.5 Å². The third-order valence-electron chi connectivity index (χ3n) is 2.90. The van der Waals surface area contributed by atoms with E-state index in [2.05, 4.69) is 24.8 Å². The monoisotopic (exact) mass is 234 g/mol. The van der Waals surface area contributed by atoms with E-state index in [1.54, 1.807) is 6.33 Å². The van der Waals surface area contributed by atoms with Crippen molar-refractivity contribution in [1.82, 2.24) is 19.9 Å². The molecule has 1 saturated heterocycles. The number of morpholine rings is 1. The molecule has 3 rings (SSSR count). The normalized spacial score (nSPS) is 21.0. The number of anilines is 1. The van der Waals surface area contributed by atoms with E-state index in [0.29, 0.717) is 18.8 Å². The summed E-state index contributed by atoms with van der Waals surface area (Å²) in [6.45, 7) is 2.75. The molecule has 1 unspecified atom stereocenters. The van der Waals surface area contributed by atoms with Crippen molar-refractivity contribution in [3.63, 3.8) is 0 Å². The Labute approximate surface area is 98.0 Å². The molecule has 0 spiro atoms. The van der Waals surface area contributed by atoms with E-state index < -0.39 is 0 Å². The van der Waals surface area contributed by atoms with Crippen LogP contribution in [0.2, 0.25) is 0 Å². The number of hydrogen-bond acceptors (Lipinski definition) is 6. The van der Waals surface area contributed by atoms with Crippen LogP contribution >= 0.6 is 0 Å². The standard InChI is InChI=1S/C10H14N6O/c11-3-7-4-16(1-2-17-7)10-8-9(13-5-12-8)14-6-15-10/h5-7H,1-4,11H2,(H,12,13,14,15). The highest BCUT2D eigenvalue weighted by atomic mass is 16.5. The summed E-state index contributed by atoms with van der Waals surface area (Å²) < 4.78 is 5.54. The van der Waals surface area contributed by atoms with Crippen LogP contribution < -0.4 is 10.6 Å². The number of fused-ring (bicyclic) bond motifs is 1. The van der Waals surface area contributed by atoms with Gasteiger partial charge in [-0.2, -0.15) is 0 Å². The molecule has 1 atom stereocenters. The van der Waals surface area contributed by atoms with Gasteiger partial charge in [-0.15, -0.1) is 0 Å². The van der Waals surface area contributed by atoms with Gasteiger partial charge in [-0.1, -0.05) is 0 Å². The van der Waals surface area contributed by atoms with Crippen molar-refractivity contribution in [2.24, 2.45) is 5.73 Å². The van der Waals surface area contributed by atoms with Gasteiger partial charge in [-0.05, 0) is 0 Å². The third-order valence-corrected chi connectivity index (χ3v) is 2.90. The number of aromatic nitrogens is 4. The van der Waals surface area contributed by atoms with Gasteiger partial charge >= 0.3 is 0 Å². The van der Waals surface area contributed by atoms with Crippen molar-refractivity contribution in [1.29, 1.82) is 0 Å². The predicted octanol–water partition coefficient (Wildman–Crippen LogP) is -0.483. The maximum Gasteiger partial charge on any atom is 0.182 e. The van der Waals surface area contributed by atoms with Gasteiger partial charge < -0.3 is 20.4 Å². The van der Waals surface area contributed by atoms with E-state index in [1.807, 2.05) is 0 Å². The molecule has 0 amide bonds. The van der Waals surface area contributed by atoms with Gasteiger partial charge in [-0.25, -0.2) is 15.0 Å². The van der Waals surface area contributed by atoms with Gasteiger partial charge in [0.15, 0.2) is 11.5 Å². The van der Waals surface area contributed by atoms with Crippen LogP contribution in [0.25, 0.3) is 11.2 Å². The van der Waals surface area contributed by atoms with Gasteiger partial charge in [0, 0.05) is 19.6 Å². The summed E-state index contributed by atoms with van der Waals surface area (Å²) in [6, 6.07) is 0. The lowest BCUT2D eigenvalue weighted by atomic mass is 10.2. The lowest BCUT2D eigenvalue weighted by molar-refractivity contribution is 0.0464. The van der Waals surface area contributed by atoms with Gasteiger partial charge in [0.1, 0.15) is 11.8 Å². The second kappa shape index (κ2) is 4.27. The number of H-pyrrole nitrogens is 1. The fraction of sp³-hybridized carbons (Fsp3) is 0.500. The van der Waals surface area contributed by atoms with E-state index >= 15 is 0 Å². The molecule has 17 heavy (non-hydrogen) atoms. The molecule has 2 aromatic rings. The molecule has 0 saturated carbocycles. The number of rotatable bonds is 2. The van der Waals surface area contributed by atoms with Crippen LogP contribution in [0.1, 0.15) is 0 Å². The quantitative estimate of drug-likeness (QED) is 0.728. The smallest absolute Gasteiger partial charge is 0.182 e. The maximum atomic E-state index is 5.63. The molecule has 1 aliphatic heterocycles. The van der Waals surface area contributed by atoms with E-state index in [-0.39, 0.29) is 6.10 Å². The number of nitrogens with one attached hydrogen (secondary N) is 1. The predicted molar refractivity (Wildman–Crippen MR) is 62.7 cm³/mol. The SMILES string of the molecule is NCC1CN(c2ncnc3nc[nH]c23)CCO1. The molecule has 7 nitrogen and oxygen atoms in total. The average molecular weight is 234 g/mol. The Morgan fingerprint density at radius 3 is 3.29 bits per heavy atom. The summed E-state index contributed by atoms with van der Waals surface area (Å²) in [4.78, 5) is 17.8. The van der Waals surface area contributed by atoms with Crippen molar-refractivity contribution in [3.8, 4) is 0 Å². The zero-order valence-electron chi connectivity index (χ0n) is 9.33. The zero-order chi connectivity index (χ0) is 11.7. The summed E-state index contributed by atoms with van der Waals surface area (Å²) in [6.07, 6.45) is 3.23. The lowest BCUT2D eigenvalue weighted by Crippen LogP contribution is -2.46. The van der Waals surface area contributed by atoms with E-state index in [9.17, 15) is 0 Å². The highest BCUT2D eigenvalue weighted by Crippen LogP contribution is 2.21. The van der Waals surface area contributed by atoms with Gasteiger partial charge in [0.05, 0.1) is 19.0 Å². The molecule has 0 radical (unpaired) electrons. The first-order chi connectivity index (χ1) is 8.38. The number of nitrogens with zero attached hydrogens (tertiary/aromatic N) is 4. The molecule has 0 aliphatic carbocycles. The van der Waals surface area contributed by atoms with Crippen LogP contribution in [0.5, 0.6) is 0 Å². The third kappa shape index (κ3) is 1.83. The maximum absolute atomic E-state index is 5.63.